The van der Waals surface area contributed by atoms with Gasteiger partial charge in [-0.25, -0.2) is 0 Å². The number of aliphatic imine (C=N–C) groups is 1. The molecular weight excluding hydrogens is 210 g/mol. The topological polar surface area (TPSA) is 82.3 Å². The van der Waals surface area contributed by atoms with Crippen molar-refractivity contribution in [2.75, 3.05) is 6.61 Å². The monoisotopic (exact) mass is 227 g/mol. The number of ether oxygens (including phenoxy) is 1. The molecule has 1 fully saturated rings. The third kappa shape index (κ3) is 2.32. The maximum Gasteiger partial charge on any atom is 0.111 e. The smallest absolute Gasteiger partial charge is 0.111 e. The molecule has 0 amide bonds. The Balaban J connectivity index is 1.90. The highest BCUT2D eigenvalue weighted by molar-refractivity contribution is 5.63. The molecule has 0 aromatic carbocycles. The number of hydrogen-bond acceptors (Lipinski definition) is 5. The SMILES string of the molecule is OC[C@H]1OC(CC2C=NC=CC2)[C@H](O)[C@@H]1O. The zero-order valence-corrected chi connectivity index (χ0v) is 8.94. The second-order valence-electron chi connectivity index (χ2n) is 4.29. The maximum absolute atomic E-state index is 9.74. The Morgan fingerprint density at radius 2 is 2.00 bits per heavy atom. The van der Waals surface area contributed by atoms with E-state index in [0.717, 1.165) is 6.42 Å². The van der Waals surface area contributed by atoms with E-state index in [0.29, 0.717) is 6.42 Å². The van der Waals surface area contributed by atoms with Crippen molar-refractivity contribution < 1.29 is 20.1 Å². The fourth-order valence-electron chi connectivity index (χ4n) is 2.16. The van der Waals surface area contributed by atoms with Gasteiger partial charge in [-0.05, 0) is 12.8 Å². The van der Waals surface area contributed by atoms with Gasteiger partial charge < -0.3 is 20.1 Å². The van der Waals surface area contributed by atoms with Crippen LogP contribution in [0.3, 0.4) is 0 Å². The van der Waals surface area contributed by atoms with E-state index >= 15 is 0 Å². The van der Waals surface area contributed by atoms with Gasteiger partial charge in [0, 0.05) is 18.3 Å². The number of aliphatic hydroxyl groups is 3. The van der Waals surface area contributed by atoms with Gasteiger partial charge in [-0.1, -0.05) is 6.08 Å². The summed E-state index contributed by atoms with van der Waals surface area (Å²) in [7, 11) is 0. The first kappa shape index (κ1) is 11.7. The number of aliphatic hydroxyl groups excluding tert-OH is 3. The maximum atomic E-state index is 9.74. The summed E-state index contributed by atoms with van der Waals surface area (Å²) in [5.74, 6) is 0.231. The van der Waals surface area contributed by atoms with Crippen LogP contribution in [0.25, 0.3) is 0 Å². The summed E-state index contributed by atoms with van der Waals surface area (Å²) >= 11 is 0. The van der Waals surface area contributed by atoms with Crippen LogP contribution in [0.4, 0.5) is 0 Å². The zero-order valence-electron chi connectivity index (χ0n) is 8.94. The van der Waals surface area contributed by atoms with E-state index in [1.807, 2.05) is 12.3 Å². The molecule has 0 spiro atoms. The van der Waals surface area contributed by atoms with Crippen molar-refractivity contribution in [2.45, 2.75) is 37.3 Å². The number of nitrogens with zero attached hydrogens (tertiary/aromatic N) is 1. The molecule has 0 saturated carbocycles. The summed E-state index contributed by atoms with van der Waals surface area (Å²) in [6, 6.07) is 0. The molecule has 2 heterocycles. The minimum atomic E-state index is -0.994. The van der Waals surface area contributed by atoms with Gasteiger partial charge in [-0.2, -0.15) is 0 Å². The van der Waals surface area contributed by atoms with Gasteiger partial charge in [0.15, 0.2) is 0 Å². The van der Waals surface area contributed by atoms with E-state index in [-0.39, 0.29) is 12.5 Å². The van der Waals surface area contributed by atoms with E-state index in [9.17, 15) is 10.2 Å². The molecule has 90 valence electrons. The lowest BCUT2D eigenvalue weighted by molar-refractivity contribution is -0.0262. The molecule has 5 heteroatoms. The van der Waals surface area contributed by atoms with Crippen molar-refractivity contribution in [1.29, 1.82) is 0 Å². The van der Waals surface area contributed by atoms with Crippen LogP contribution < -0.4 is 0 Å². The van der Waals surface area contributed by atoms with Crippen LogP contribution in [0.5, 0.6) is 0 Å². The van der Waals surface area contributed by atoms with Gasteiger partial charge in [0.05, 0.1) is 12.7 Å². The van der Waals surface area contributed by atoms with Gasteiger partial charge in [-0.15, -0.1) is 0 Å². The van der Waals surface area contributed by atoms with E-state index in [2.05, 4.69) is 4.99 Å². The molecule has 2 rings (SSSR count). The summed E-state index contributed by atoms with van der Waals surface area (Å²) in [6.45, 7) is -0.270. The quantitative estimate of drug-likeness (QED) is 0.605. The molecule has 2 unspecified atom stereocenters. The lowest BCUT2D eigenvalue weighted by atomic mass is 9.94. The van der Waals surface area contributed by atoms with Crippen molar-refractivity contribution >= 4 is 6.21 Å². The molecule has 5 atom stereocenters. The molecule has 1 saturated heterocycles. The van der Waals surface area contributed by atoms with E-state index < -0.39 is 24.4 Å². The fraction of sp³-hybridized carbons (Fsp3) is 0.727. The van der Waals surface area contributed by atoms with Crippen molar-refractivity contribution in [3.8, 4) is 0 Å². The second kappa shape index (κ2) is 5.05. The molecular formula is C11H17NO4. The summed E-state index contributed by atoms with van der Waals surface area (Å²) in [5.41, 5.74) is 0. The zero-order chi connectivity index (χ0) is 11.5. The molecule has 0 aromatic rings. The first-order chi connectivity index (χ1) is 7.72. The van der Waals surface area contributed by atoms with Crippen LogP contribution in [0.1, 0.15) is 12.8 Å². The number of allylic oxidation sites excluding steroid dienone is 1. The molecule has 3 N–H and O–H groups in total. The van der Waals surface area contributed by atoms with Crippen LogP contribution in [0.2, 0.25) is 0 Å². The first-order valence-electron chi connectivity index (χ1n) is 5.53. The largest absolute Gasteiger partial charge is 0.394 e. The lowest BCUT2D eigenvalue weighted by Crippen LogP contribution is -2.34. The standard InChI is InChI=1S/C11H17NO4/c13-6-9-11(15)10(14)8(16-9)4-7-2-1-3-12-5-7/h1,3,5,7-11,13-15H,2,4,6H2/t7?,8?,9-,10+,11-/m1/s1. The Morgan fingerprint density at radius 1 is 1.25 bits per heavy atom. The lowest BCUT2D eigenvalue weighted by Gasteiger charge is -2.19. The van der Waals surface area contributed by atoms with Crippen LogP contribution in [-0.4, -0.2) is 52.6 Å². The van der Waals surface area contributed by atoms with Gasteiger partial charge in [0.1, 0.15) is 18.3 Å². The molecule has 0 aliphatic carbocycles. The number of rotatable bonds is 3. The van der Waals surface area contributed by atoms with Crippen molar-refractivity contribution in [3.63, 3.8) is 0 Å². The minimum Gasteiger partial charge on any atom is -0.394 e. The predicted octanol–water partition coefficient (Wildman–Crippen LogP) is -0.538. The highest BCUT2D eigenvalue weighted by Crippen LogP contribution is 2.27. The Hall–Kier alpha value is -0.750. The molecule has 2 aliphatic rings. The molecule has 16 heavy (non-hydrogen) atoms. The van der Waals surface area contributed by atoms with Crippen LogP contribution >= 0.6 is 0 Å². The summed E-state index contributed by atoms with van der Waals surface area (Å²) in [5, 5.41) is 28.3. The average Bonchev–Trinajstić information content (AvgIpc) is 2.58. The van der Waals surface area contributed by atoms with Crippen molar-refractivity contribution in [2.24, 2.45) is 10.9 Å². The predicted molar refractivity (Wildman–Crippen MR) is 58.1 cm³/mol. The molecule has 0 radical (unpaired) electrons. The molecule has 0 aromatic heterocycles. The third-order valence-electron chi connectivity index (χ3n) is 3.10. The van der Waals surface area contributed by atoms with Crippen LogP contribution in [0, 0.1) is 5.92 Å². The summed E-state index contributed by atoms with van der Waals surface area (Å²) in [6.07, 6.45) is 4.02. The molecule has 0 bridgehead atoms. The summed E-state index contributed by atoms with van der Waals surface area (Å²) in [4.78, 5) is 4.03. The van der Waals surface area contributed by atoms with Gasteiger partial charge in [0.2, 0.25) is 0 Å². The van der Waals surface area contributed by atoms with Crippen molar-refractivity contribution in [1.82, 2.24) is 0 Å². The highest BCUT2D eigenvalue weighted by Gasteiger charge is 2.42. The van der Waals surface area contributed by atoms with E-state index in [4.69, 9.17) is 9.84 Å². The Kier molecular flexibility index (Phi) is 3.70. The Labute approximate surface area is 94.1 Å². The van der Waals surface area contributed by atoms with E-state index in [1.54, 1.807) is 6.20 Å². The fourth-order valence-corrected chi connectivity index (χ4v) is 2.16. The molecule has 5 nitrogen and oxygen atoms in total. The second-order valence-corrected chi connectivity index (χ2v) is 4.29. The van der Waals surface area contributed by atoms with Crippen LogP contribution in [-0.2, 0) is 4.74 Å². The van der Waals surface area contributed by atoms with E-state index in [1.165, 1.54) is 0 Å². The van der Waals surface area contributed by atoms with Gasteiger partial charge >= 0.3 is 0 Å². The van der Waals surface area contributed by atoms with Gasteiger partial charge in [0.25, 0.3) is 0 Å². The Morgan fingerprint density at radius 3 is 2.56 bits per heavy atom. The van der Waals surface area contributed by atoms with Crippen molar-refractivity contribution in [3.05, 3.63) is 12.3 Å². The number of hydrogen-bond donors (Lipinski definition) is 3. The minimum absolute atomic E-state index is 0.231. The Bertz CT molecular complexity index is 292. The van der Waals surface area contributed by atoms with Gasteiger partial charge in [-0.3, -0.25) is 4.99 Å². The average molecular weight is 227 g/mol. The first-order valence-corrected chi connectivity index (χ1v) is 5.53. The third-order valence-corrected chi connectivity index (χ3v) is 3.10. The normalized spacial score (nSPS) is 42.8. The molecule has 2 aliphatic heterocycles. The highest BCUT2D eigenvalue weighted by atomic mass is 16.6. The van der Waals surface area contributed by atoms with Crippen LogP contribution in [0.15, 0.2) is 17.3 Å². The summed E-state index contributed by atoms with van der Waals surface area (Å²) < 4.78 is 5.40.